The van der Waals surface area contributed by atoms with Crippen molar-refractivity contribution in [3.8, 4) is 0 Å². The largest absolute Gasteiger partial charge is 0.255 e. The molecule has 35 heavy (non-hydrogen) atoms. The van der Waals surface area contributed by atoms with E-state index in [1.807, 2.05) is 0 Å². The molecule has 1 aliphatic rings. The molecule has 1 nitrogen and oxygen atoms in total. The highest BCUT2D eigenvalue weighted by atomic mass is 14.7. The van der Waals surface area contributed by atoms with Crippen LogP contribution in [-0.2, 0) is 6.42 Å². The summed E-state index contributed by atoms with van der Waals surface area (Å²) in [5.41, 5.74) is 13.0. The second-order valence-electron chi connectivity index (χ2n) is 10.0. The number of rotatable bonds is 8. The van der Waals surface area contributed by atoms with Crippen LogP contribution < -0.4 is 0 Å². The van der Waals surface area contributed by atoms with Gasteiger partial charge in [-0.25, -0.2) is 0 Å². The van der Waals surface area contributed by atoms with Crippen LogP contribution in [0.5, 0.6) is 0 Å². The van der Waals surface area contributed by atoms with Gasteiger partial charge in [0.05, 0.1) is 5.69 Å². The Bertz CT molecular complexity index is 1260. The predicted molar refractivity (Wildman–Crippen MR) is 151 cm³/mol. The van der Waals surface area contributed by atoms with Gasteiger partial charge in [0, 0.05) is 17.3 Å². The summed E-state index contributed by atoms with van der Waals surface area (Å²) < 4.78 is 0. The van der Waals surface area contributed by atoms with Gasteiger partial charge in [-0.1, -0.05) is 93.1 Å². The molecule has 1 aliphatic carbocycles. The van der Waals surface area contributed by atoms with Crippen molar-refractivity contribution in [1.29, 1.82) is 0 Å². The minimum Gasteiger partial charge on any atom is -0.255 e. The third-order valence-electron chi connectivity index (χ3n) is 7.58. The monoisotopic (exact) mass is 461 g/mol. The molecule has 180 valence electrons. The van der Waals surface area contributed by atoms with E-state index in [1.165, 1.54) is 50.1 Å². The van der Waals surface area contributed by atoms with E-state index < -0.39 is 0 Å². The summed E-state index contributed by atoms with van der Waals surface area (Å²) in [7, 11) is 0. The second-order valence-corrected chi connectivity index (χ2v) is 10.0. The summed E-state index contributed by atoms with van der Waals surface area (Å²) in [6.07, 6.45) is 10.1. The number of nitrogens with zero attached hydrogens (tertiary/aromatic N) is 1. The topological polar surface area (TPSA) is 12.9 Å². The van der Waals surface area contributed by atoms with Crippen molar-refractivity contribution in [2.45, 2.75) is 66.7 Å². The third-order valence-corrected chi connectivity index (χ3v) is 7.58. The Morgan fingerprint density at radius 2 is 1.69 bits per heavy atom. The van der Waals surface area contributed by atoms with Crippen LogP contribution in [0.1, 0.15) is 86.9 Å². The smallest absolute Gasteiger partial charge is 0.0734 e. The molecule has 0 radical (unpaired) electrons. The molecule has 2 unspecified atom stereocenters. The van der Waals surface area contributed by atoms with Gasteiger partial charge in [-0.15, -0.1) is 0 Å². The molecule has 0 spiro atoms. The molecule has 0 saturated carbocycles. The Morgan fingerprint density at radius 1 is 0.971 bits per heavy atom. The van der Waals surface area contributed by atoms with Crippen molar-refractivity contribution in [3.63, 3.8) is 0 Å². The van der Waals surface area contributed by atoms with Gasteiger partial charge in [-0.2, -0.15) is 0 Å². The van der Waals surface area contributed by atoms with E-state index >= 15 is 0 Å². The van der Waals surface area contributed by atoms with Gasteiger partial charge in [0.1, 0.15) is 0 Å². The molecule has 1 aromatic heterocycles. The van der Waals surface area contributed by atoms with Crippen molar-refractivity contribution in [1.82, 2.24) is 4.98 Å². The molecule has 0 aliphatic heterocycles. The van der Waals surface area contributed by atoms with Gasteiger partial charge in [0.2, 0.25) is 0 Å². The lowest BCUT2D eigenvalue weighted by Crippen LogP contribution is -2.00. The van der Waals surface area contributed by atoms with Crippen LogP contribution in [0.25, 0.3) is 11.1 Å². The van der Waals surface area contributed by atoms with Crippen molar-refractivity contribution in [3.05, 3.63) is 124 Å². The van der Waals surface area contributed by atoms with Gasteiger partial charge in [-0.3, -0.25) is 4.98 Å². The molecule has 0 bridgehead atoms. The van der Waals surface area contributed by atoms with Crippen LogP contribution in [0.15, 0.2) is 90.2 Å². The number of benzene rings is 2. The summed E-state index contributed by atoms with van der Waals surface area (Å²) in [5, 5.41) is 0. The fourth-order valence-electron chi connectivity index (χ4n) is 5.36. The van der Waals surface area contributed by atoms with Gasteiger partial charge in [-0.05, 0) is 91.3 Å². The van der Waals surface area contributed by atoms with E-state index in [0.717, 1.165) is 25.0 Å². The maximum atomic E-state index is 5.08. The lowest BCUT2D eigenvalue weighted by molar-refractivity contribution is 0.739. The van der Waals surface area contributed by atoms with Crippen LogP contribution >= 0.6 is 0 Å². The molecule has 0 N–H and O–H groups in total. The molecule has 0 amide bonds. The summed E-state index contributed by atoms with van der Waals surface area (Å²) in [6.45, 7) is 13.5. The Morgan fingerprint density at radius 3 is 2.29 bits per heavy atom. The van der Waals surface area contributed by atoms with Gasteiger partial charge < -0.3 is 0 Å². The van der Waals surface area contributed by atoms with Crippen LogP contribution in [0.2, 0.25) is 0 Å². The number of hydrogen-bond acceptors (Lipinski definition) is 1. The minimum atomic E-state index is 0.450. The van der Waals surface area contributed by atoms with Crippen molar-refractivity contribution < 1.29 is 0 Å². The zero-order valence-corrected chi connectivity index (χ0v) is 22.2. The third kappa shape index (κ3) is 5.40. The maximum Gasteiger partial charge on any atom is 0.0734 e. The Balaban J connectivity index is 1.73. The van der Waals surface area contributed by atoms with Crippen LogP contribution in [-0.4, -0.2) is 4.98 Å². The van der Waals surface area contributed by atoms with Gasteiger partial charge >= 0.3 is 0 Å². The highest BCUT2D eigenvalue weighted by Crippen LogP contribution is 2.39. The highest BCUT2D eigenvalue weighted by Gasteiger charge is 2.22. The number of hydrogen-bond donors (Lipinski definition) is 0. The summed E-state index contributed by atoms with van der Waals surface area (Å²) in [6, 6.07) is 22.2. The fraction of sp³-hybridized carbons (Fsp3) is 0.324. The first-order valence-electron chi connectivity index (χ1n) is 13.1. The molecule has 2 atom stereocenters. The lowest BCUT2D eigenvalue weighted by atomic mass is 9.91. The quantitative estimate of drug-likeness (QED) is 0.325. The first-order chi connectivity index (χ1) is 16.9. The number of aromatic nitrogens is 1. The SMILES string of the molecule is CCc1ccc(/C(=C/CC(C)c2ccccc2)c2ncc(C3=C(C)C(CC)C=C3C)cc2C)cc1. The summed E-state index contributed by atoms with van der Waals surface area (Å²) in [4.78, 5) is 5.08. The Hall–Kier alpha value is -3.19. The van der Waals surface area contributed by atoms with Crippen molar-refractivity contribution >= 4 is 11.1 Å². The molecule has 4 rings (SSSR count). The summed E-state index contributed by atoms with van der Waals surface area (Å²) in [5.74, 6) is 1.00. The molecular weight excluding hydrogens is 422 g/mol. The standard InChI is InChI=1S/C34H39N/c1-7-27-15-17-30(18-16-27)32(19-14-23(3)29-12-10-9-11-13-29)34-25(5)21-31(22-35-34)33-24(4)20-28(8-2)26(33)6/h9-13,15-23,28H,7-8,14H2,1-6H3/b32-19-. The van der Waals surface area contributed by atoms with E-state index in [2.05, 4.69) is 121 Å². The Labute approximate surface area is 212 Å². The normalized spacial score (nSPS) is 17.0. The number of allylic oxidation sites excluding steroid dienone is 5. The van der Waals surface area contributed by atoms with Crippen LogP contribution in [0, 0.1) is 12.8 Å². The van der Waals surface area contributed by atoms with E-state index in [0.29, 0.717) is 11.8 Å². The van der Waals surface area contributed by atoms with Gasteiger partial charge in [0.25, 0.3) is 0 Å². The maximum absolute atomic E-state index is 5.08. The molecule has 2 aromatic carbocycles. The second kappa shape index (κ2) is 11.0. The average molecular weight is 462 g/mol. The number of aryl methyl sites for hydroxylation is 2. The minimum absolute atomic E-state index is 0.450. The van der Waals surface area contributed by atoms with Crippen LogP contribution in [0.3, 0.4) is 0 Å². The molecular formula is C34H39N. The first kappa shape index (κ1) is 24.9. The fourth-order valence-corrected chi connectivity index (χ4v) is 5.36. The van der Waals surface area contributed by atoms with Gasteiger partial charge in [0.15, 0.2) is 0 Å². The molecule has 3 aromatic rings. The summed E-state index contributed by atoms with van der Waals surface area (Å²) >= 11 is 0. The zero-order chi connectivity index (χ0) is 24.9. The first-order valence-corrected chi connectivity index (χ1v) is 13.1. The van der Waals surface area contributed by atoms with E-state index in [9.17, 15) is 0 Å². The molecule has 0 saturated heterocycles. The van der Waals surface area contributed by atoms with Crippen LogP contribution in [0.4, 0.5) is 0 Å². The van der Waals surface area contributed by atoms with Crippen molar-refractivity contribution in [2.75, 3.05) is 0 Å². The molecule has 1 heterocycles. The molecule has 1 heteroatoms. The molecule has 0 fully saturated rings. The average Bonchev–Trinajstić information content (AvgIpc) is 3.18. The predicted octanol–water partition coefficient (Wildman–Crippen LogP) is 9.34. The van der Waals surface area contributed by atoms with E-state index in [-0.39, 0.29) is 0 Å². The number of pyridine rings is 1. The highest BCUT2D eigenvalue weighted by molar-refractivity contribution is 5.85. The van der Waals surface area contributed by atoms with E-state index in [1.54, 1.807) is 0 Å². The van der Waals surface area contributed by atoms with Crippen molar-refractivity contribution in [2.24, 2.45) is 5.92 Å². The lowest BCUT2D eigenvalue weighted by Gasteiger charge is -2.16. The Kier molecular flexibility index (Phi) is 7.86. The van der Waals surface area contributed by atoms with E-state index in [4.69, 9.17) is 4.98 Å². The zero-order valence-electron chi connectivity index (χ0n) is 22.2.